The fourth-order valence-electron chi connectivity index (χ4n) is 4.27. The van der Waals surface area contributed by atoms with E-state index in [4.69, 9.17) is 32.6 Å². The van der Waals surface area contributed by atoms with E-state index >= 15 is 0 Å². The zero-order chi connectivity index (χ0) is 27.3. The highest BCUT2D eigenvalue weighted by Crippen LogP contribution is 2.36. The Morgan fingerprint density at radius 1 is 1.26 bits per heavy atom. The maximum absolute atomic E-state index is 12.1. The highest BCUT2D eigenvalue weighted by Gasteiger charge is 2.50. The van der Waals surface area contributed by atoms with E-state index in [0.717, 1.165) is 0 Å². The molecule has 3 atom stereocenters. The highest BCUT2D eigenvalue weighted by molar-refractivity contribution is 6.28. The van der Waals surface area contributed by atoms with Gasteiger partial charge in [-0.3, -0.25) is 4.57 Å². The van der Waals surface area contributed by atoms with Crippen LogP contribution >= 0.6 is 11.6 Å². The molecule has 1 aliphatic heterocycles. The summed E-state index contributed by atoms with van der Waals surface area (Å²) in [5.41, 5.74) is -1.22. The molecule has 3 unspecified atom stereocenters. The van der Waals surface area contributed by atoms with E-state index in [9.17, 15) is 19.8 Å². The number of carbonyl (C=O) groups is 2. The molecule has 1 aromatic carbocycles. The van der Waals surface area contributed by atoms with Crippen LogP contribution in [0.2, 0.25) is 5.28 Å². The monoisotopic (exact) mass is 543 g/mol. The summed E-state index contributed by atoms with van der Waals surface area (Å²) >= 11 is 6.13. The Hall–Kier alpha value is -3.76. The smallest absolute Gasteiger partial charge is 0.348 e. The lowest BCUT2D eigenvalue weighted by Crippen LogP contribution is -2.52. The first-order chi connectivity index (χ1) is 18.3. The summed E-state index contributed by atoms with van der Waals surface area (Å²) in [4.78, 5) is 37.1. The number of hydrogen-bond acceptors (Lipinski definition) is 9. The minimum absolute atomic E-state index is 0.00659. The van der Waals surface area contributed by atoms with E-state index < -0.39 is 35.8 Å². The number of imidazole rings is 1. The molecule has 3 heterocycles. The van der Waals surface area contributed by atoms with Crippen molar-refractivity contribution in [3.63, 3.8) is 0 Å². The Labute approximate surface area is 222 Å². The number of ether oxygens (including phenoxy) is 2. The van der Waals surface area contributed by atoms with Crippen molar-refractivity contribution < 1.29 is 34.4 Å². The van der Waals surface area contributed by atoms with Gasteiger partial charge in [-0.1, -0.05) is 30.3 Å². The van der Waals surface area contributed by atoms with Crippen LogP contribution in [0.1, 0.15) is 24.6 Å². The second-order valence-electron chi connectivity index (χ2n) is 8.72. The number of aliphatic hydroxyl groups is 1. The van der Waals surface area contributed by atoms with Gasteiger partial charge in [0.15, 0.2) is 17.0 Å². The second-order valence-corrected chi connectivity index (χ2v) is 9.06. The van der Waals surface area contributed by atoms with Gasteiger partial charge in [0.1, 0.15) is 6.23 Å². The highest BCUT2D eigenvalue weighted by atomic mass is 35.5. The molecule has 0 saturated carbocycles. The average molecular weight is 544 g/mol. The summed E-state index contributed by atoms with van der Waals surface area (Å²) in [6.07, 6.45) is 6.22. The number of rotatable bonds is 12. The van der Waals surface area contributed by atoms with Crippen LogP contribution in [-0.2, 0) is 25.5 Å². The molecule has 12 nitrogen and oxygen atoms in total. The first-order valence-electron chi connectivity index (χ1n) is 11.8. The number of carboxylic acids is 2. The molecular weight excluding hydrogens is 518 g/mol. The molecule has 1 saturated heterocycles. The summed E-state index contributed by atoms with van der Waals surface area (Å²) in [6.45, 7) is 0.0853. The number of terminal acetylenes is 1. The number of nitrogens with zero attached hydrogens (tertiary/aromatic N) is 4. The number of halogens is 1. The normalized spacial score (nSPS) is 19.3. The van der Waals surface area contributed by atoms with Gasteiger partial charge in [0.05, 0.1) is 25.0 Å². The quantitative estimate of drug-likeness (QED) is 0.114. The minimum Gasteiger partial charge on any atom is -0.479 e. The number of aromatic nitrogens is 4. The Morgan fingerprint density at radius 3 is 2.66 bits per heavy atom. The average Bonchev–Trinajstić information content (AvgIpc) is 3.50. The van der Waals surface area contributed by atoms with Gasteiger partial charge >= 0.3 is 11.9 Å². The van der Waals surface area contributed by atoms with E-state index in [2.05, 4.69) is 26.2 Å². The molecule has 1 fully saturated rings. The van der Waals surface area contributed by atoms with Gasteiger partial charge in [0.2, 0.25) is 5.28 Å². The van der Waals surface area contributed by atoms with Crippen molar-refractivity contribution >= 4 is 40.5 Å². The molecule has 0 radical (unpaired) electrons. The Bertz CT molecular complexity index is 1330. The van der Waals surface area contributed by atoms with Crippen LogP contribution in [0, 0.1) is 18.3 Å². The maximum atomic E-state index is 12.1. The number of anilines is 1. The molecule has 4 rings (SSSR count). The lowest BCUT2D eigenvalue weighted by molar-refractivity contribution is -0.188. The molecule has 4 N–H and O–H groups in total. The summed E-state index contributed by atoms with van der Waals surface area (Å²) in [6, 6.07) is 8.35. The lowest BCUT2D eigenvalue weighted by Gasteiger charge is -2.27. The number of carboxylic acid groups (broad SMARTS) is 2. The van der Waals surface area contributed by atoms with E-state index in [1.807, 2.05) is 0 Å². The van der Waals surface area contributed by atoms with Crippen molar-refractivity contribution in [1.29, 1.82) is 0 Å². The van der Waals surface area contributed by atoms with Gasteiger partial charge < -0.3 is 30.1 Å². The second kappa shape index (κ2) is 11.7. The van der Waals surface area contributed by atoms with E-state index in [-0.39, 0.29) is 24.9 Å². The molecule has 0 aliphatic carbocycles. The van der Waals surface area contributed by atoms with E-state index in [0.29, 0.717) is 41.9 Å². The van der Waals surface area contributed by atoms with Crippen LogP contribution in [0.25, 0.3) is 11.2 Å². The van der Waals surface area contributed by atoms with Gasteiger partial charge in [0, 0.05) is 26.0 Å². The Balaban J connectivity index is 1.55. The van der Waals surface area contributed by atoms with Crippen LogP contribution in [-0.4, -0.2) is 78.2 Å². The molecule has 13 heteroatoms. The van der Waals surface area contributed by atoms with Gasteiger partial charge in [0.25, 0.3) is 5.60 Å². The van der Waals surface area contributed by atoms with Crippen molar-refractivity contribution in [2.24, 2.45) is 5.92 Å². The van der Waals surface area contributed by atoms with Crippen LogP contribution in [0.4, 0.5) is 5.82 Å². The number of benzene rings is 1. The van der Waals surface area contributed by atoms with Gasteiger partial charge in [-0.15, -0.1) is 12.3 Å². The number of aliphatic hydroxyl groups excluding tert-OH is 1. The van der Waals surface area contributed by atoms with Gasteiger partial charge in [-0.2, -0.15) is 9.97 Å². The number of aliphatic carboxylic acids is 2. The predicted molar refractivity (Wildman–Crippen MR) is 135 cm³/mol. The fraction of sp³-hybridized carbons (Fsp3) is 0.400. The molecule has 0 bridgehead atoms. The first kappa shape index (κ1) is 27.3. The first-order valence-corrected chi connectivity index (χ1v) is 12.2. The molecule has 200 valence electrons. The topological polar surface area (TPSA) is 169 Å². The van der Waals surface area contributed by atoms with E-state index in [1.54, 1.807) is 34.9 Å². The van der Waals surface area contributed by atoms with Crippen LogP contribution in [0.3, 0.4) is 0 Å². The largest absolute Gasteiger partial charge is 0.479 e. The molecule has 3 aromatic rings. The van der Waals surface area contributed by atoms with Crippen LogP contribution in [0.5, 0.6) is 0 Å². The SMILES string of the molecule is C#CC1CC(n2cnc3c(NCCCO)nc(Cl)nc32)OC1COC(Cc1ccccc1)(C(=O)O)C(=O)O. The maximum Gasteiger partial charge on any atom is 0.348 e. The summed E-state index contributed by atoms with van der Waals surface area (Å²) in [5.74, 6) is -0.744. The van der Waals surface area contributed by atoms with Crippen molar-refractivity contribution in [1.82, 2.24) is 19.5 Å². The van der Waals surface area contributed by atoms with Crippen molar-refractivity contribution in [2.45, 2.75) is 37.2 Å². The molecular formula is C25H26ClN5O7. The number of fused-ring (bicyclic) bond motifs is 1. The summed E-state index contributed by atoms with van der Waals surface area (Å²) in [7, 11) is 0. The molecule has 1 aliphatic rings. The standard InChI is InChI=1S/C25H26ClN5O7/c1-2-16-11-18(31-14-28-19-20(27-9-6-10-32)29-24(26)30-21(19)31)38-17(16)13-37-25(22(33)34,23(35)36)12-15-7-4-3-5-8-15/h1,3-5,7-8,14,16-18,32H,6,9-13H2,(H,33,34)(H,35,36)(H,27,29,30). The molecule has 0 spiro atoms. The number of hydrogen-bond donors (Lipinski definition) is 4. The third-order valence-electron chi connectivity index (χ3n) is 6.26. The molecule has 2 aromatic heterocycles. The fourth-order valence-corrected chi connectivity index (χ4v) is 4.43. The predicted octanol–water partition coefficient (Wildman–Crippen LogP) is 1.98. The lowest BCUT2D eigenvalue weighted by atomic mass is 9.94. The molecule has 0 amide bonds. The third-order valence-corrected chi connectivity index (χ3v) is 6.43. The van der Waals surface area contributed by atoms with Crippen molar-refractivity contribution in [2.75, 3.05) is 25.1 Å². The third kappa shape index (κ3) is 5.56. The zero-order valence-corrected chi connectivity index (χ0v) is 20.9. The van der Waals surface area contributed by atoms with Crippen LogP contribution in [0.15, 0.2) is 36.7 Å². The van der Waals surface area contributed by atoms with E-state index in [1.165, 1.54) is 6.33 Å². The van der Waals surface area contributed by atoms with Crippen LogP contribution < -0.4 is 5.32 Å². The minimum atomic E-state index is -2.53. The molecule has 38 heavy (non-hydrogen) atoms. The summed E-state index contributed by atoms with van der Waals surface area (Å²) in [5, 5.41) is 31.8. The summed E-state index contributed by atoms with van der Waals surface area (Å²) < 4.78 is 13.3. The Kier molecular flexibility index (Phi) is 8.43. The zero-order valence-electron chi connectivity index (χ0n) is 20.2. The van der Waals surface area contributed by atoms with Crippen molar-refractivity contribution in [3.05, 3.63) is 47.5 Å². The van der Waals surface area contributed by atoms with Crippen molar-refractivity contribution in [3.8, 4) is 12.3 Å². The number of nitrogens with one attached hydrogen (secondary N) is 1. The van der Waals surface area contributed by atoms with Gasteiger partial charge in [-0.25, -0.2) is 14.6 Å². The van der Waals surface area contributed by atoms with Gasteiger partial charge in [-0.05, 0) is 23.6 Å². The Morgan fingerprint density at radius 2 is 2.00 bits per heavy atom.